The molecule has 0 aliphatic carbocycles. The summed E-state index contributed by atoms with van der Waals surface area (Å²) in [5.74, 6) is 1.29. The Bertz CT molecular complexity index is 1060. The van der Waals surface area contributed by atoms with Gasteiger partial charge in [-0.3, -0.25) is 0 Å². The largest absolute Gasteiger partial charge is 0.416 e. The number of nitrogens with one attached hydrogen (secondary N) is 2. The van der Waals surface area contributed by atoms with E-state index in [4.69, 9.17) is 0 Å². The number of piperazine rings is 1. The summed E-state index contributed by atoms with van der Waals surface area (Å²) in [6, 6.07) is 8.85. The maximum atomic E-state index is 13.0. The number of aryl methyl sites for hydroxylation is 1. The second-order valence-corrected chi connectivity index (χ2v) is 7.75. The number of alkyl halides is 3. The van der Waals surface area contributed by atoms with Gasteiger partial charge >= 0.3 is 6.18 Å². The number of rotatable bonds is 5. The molecule has 168 valence electrons. The summed E-state index contributed by atoms with van der Waals surface area (Å²) in [7, 11) is 2.11. The maximum absolute atomic E-state index is 13.0. The fourth-order valence-electron chi connectivity index (χ4n) is 3.37. The minimum atomic E-state index is -4.41. The van der Waals surface area contributed by atoms with Crippen LogP contribution in [0, 0.1) is 6.92 Å². The first kappa shape index (κ1) is 21.8. The van der Waals surface area contributed by atoms with Gasteiger partial charge in [-0.05, 0) is 44.3 Å². The van der Waals surface area contributed by atoms with Gasteiger partial charge in [0.25, 0.3) is 0 Å². The zero-order valence-electron chi connectivity index (χ0n) is 17.8. The highest BCUT2D eigenvalue weighted by Crippen LogP contribution is 2.31. The predicted octanol–water partition coefficient (Wildman–Crippen LogP) is 4.44. The predicted molar refractivity (Wildman–Crippen MR) is 119 cm³/mol. The summed E-state index contributed by atoms with van der Waals surface area (Å²) >= 11 is 0. The molecule has 3 heterocycles. The van der Waals surface area contributed by atoms with Crippen molar-refractivity contribution >= 4 is 29.0 Å². The molecule has 0 saturated carbocycles. The molecule has 0 unspecified atom stereocenters. The van der Waals surface area contributed by atoms with E-state index in [-0.39, 0.29) is 0 Å². The summed E-state index contributed by atoms with van der Waals surface area (Å²) < 4.78 is 38.9. The number of halogens is 3. The van der Waals surface area contributed by atoms with Crippen molar-refractivity contribution in [3.8, 4) is 0 Å². The molecule has 0 bridgehead atoms. The zero-order chi connectivity index (χ0) is 22.7. The molecule has 2 N–H and O–H groups in total. The number of likely N-dealkylation sites (N-methyl/N-ethyl adjacent to an activating group) is 1. The van der Waals surface area contributed by atoms with Crippen molar-refractivity contribution in [3.63, 3.8) is 0 Å². The summed E-state index contributed by atoms with van der Waals surface area (Å²) in [5, 5.41) is 5.99. The Balaban J connectivity index is 1.46. The summed E-state index contributed by atoms with van der Waals surface area (Å²) in [6.45, 7) is 5.72. The third kappa shape index (κ3) is 5.25. The summed E-state index contributed by atoms with van der Waals surface area (Å²) in [6.07, 6.45) is -0.999. The Morgan fingerprint density at radius 1 is 0.938 bits per heavy atom. The van der Waals surface area contributed by atoms with E-state index in [1.165, 1.54) is 6.07 Å². The SMILES string of the molecule is Cc1cnc(Nc2ccc(N3CCN(C)CC3)cn2)nc1Nc1cccc(C(F)(F)F)c1. The Kier molecular flexibility index (Phi) is 6.13. The van der Waals surface area contributed by atoms with Crippen molar-refractivity contribution < 1.29 is 13.2 Å². The second kappa shape index (κ2) is 8.99. The summed E-state index contributed by atoms with van der Waals surface area (Å²) in [4.78, 5) is 17.7. The molecule has 1 aliphatic rings. The fraction of sp³-hybridized carbons (Fsp3) is 0.318. The smallest absolute Gasteiger partial charge is 0.368 e. The zero-order valence-corrected chi connectivity index (χ0v) is 17.8. The molecular weight excluding hydrogens is 419 g/mol. The van der Waals surface area contributed by atoms with Gasteiger partial charge in [-0.15, -0.1) is 0 Å². The Morgan fingerprint density at radius 2 is 1.72 bits per heavy atom. The third-order valence-corrected chi connectivity index (χ3v) is 5.28. The average molecular weight is 443 g/mol. The van der Waals surface area contributed by atoms with Gasteiger partial charge in [0.05, 0.1) is 17.4 Å². The molecule has 0 atom stereocenters. The second-order valence-electron chi connectivity index (χ2n) is 7.75. The molecule has 10 heteroatoms. The minimum absolute atomic E-state index is 0.294. The van der Waals surface area contributed by atoms with Gasteiger partial charge in [-0.25, -0.2) is 9.97 Å². The Morgan fingerprint density at radius 3 is 2.41 bits per heavy atom. The Labute approximate surface area is 184 Å². The first-order valence-corrected chi connectivity index (χ1v) is 10.2. The van der Waals surface area contributed by atoms with Gasteiger partial charge in [-0.1, -0.05) is 6.07 Å². The molecule has 0 amide bonds. The van der Waals surface area contributed by atoms with Crippen LogP contribution < -0.4 is 15.5 Å². The van der Waals surface area contributed by atoms with Gasteiger partial charge in [0.2, 0.25) is 5.95 Å². The van der Waals surface area contributed by atoms with Crippen molar-refractivity contribution in [1.82, 2.24) is 19.9 Å². The first-order chi connectivity index (χ1) is 15.3. The number of benzene rings is 1. The monoisotopic (exact) mass is 443 g/mol. The lowest BCUT2D eigenvalue weighted by Crippen LogP contribution is -2.44. The molecule has 1 aromatic carbocycles. The molecule has 2 aromatic heterocycles. The van der Waals surface area contributed by atoms with Crippen molar-refractivity contribution in [2.45, 2.75) is 13.1 Å². The highest BCUT2D eigenvalue weighted by molar-refractivity contribution is 5.62. The quantitative estimate of drug-likeness (QED) is 0.604. The number of hydrogen-bond donors (Lipinski definition) is 2. The standard InChI is InChI=1S/C22H24F3N7/c1-15-13-27-21(30-20(15)28-17-5-3-4-16(12-17)22(23,24)25)29-19-7-6-18(14-26-19)32-10-8-31(2)9-11-32/h3-7,12-14H,8-11H2,1-2H3,(H2,26,27,28,29,30). The van der Waals surface area contributed by atoms with Crippen molar-refractivity contribution in [2.75, 3.05) is 48.8 Å². The topological polar surface area (TPSA) is 69.2 Å². The van der Waals surface area contributed by atoms with E-state index < -0.39 is 11.7 Å². The summed E-state index contributed by atoms with van der Waals surface area (Å²) in [5.41, 5.74) is 1.33. The fourth-order valence-corrected chi connectivity index (χ4v) is 3.37. The van der Waals surface area contributed by atoms with E-state index >= 15 is 0 Å². The molecule has 1 saturated heterocycles. The van der Waals surface area contributed by atoms with Crippen LogP contribution in [0.25, 0.3) is 0 Å². The molecule has 3 aromatic rings. The maximum Gasteiger partial charge on any atom is 0.416 e. The molecule has 32 heavy (non-hydrogen) atoms. The van der Waals surface area contributed by atoms with Crippen LogP contribution in [0.15, 0.2) is 48.8 Å². The first-order valence-electron chi connectivity index (χ1n) is 10.2. The van der Waals surface area contributed by atoms with Crippen LogP contribution in [0.3, 0.4) is 0 Å². The van der Waals surface area contributed by atoms with Gasteiger partial charge < -0.3 is 20.4 Å². The van der Waals surface area contributed by atoms with E-state index in [0.717, 1.165) is 44.0 Å². The van der Waals surface area contributed by atoms with Crippen LogP contribution in [0.5, 0.6) is 0 Å². The van der Waals surface area contributed by atoms with Gasteiger partial charge in [-0.2, -0.15) is 18.2 Å². The molecular formula is C22H24F3N7. The van der Waals surface area contributed by atoms with Gasteiger partial charge in [0.1, 0.15) is 11.6 Å². The van der Waals surface area contributed by atoms with Crippen LogP contribution in [0.2, 0.25) is 0 Å². The van der Waals surface area contributed by atoms with Crippen molar-refractivity contribution in [3.05, 3.63) is 59.9 Å². The van der Waals surface area contributed by atoms with Crippen LogP contribution in [0.1, 0.15) is 11.1 Å². The normalized spacial score (nSPS) is 15.0. The minimum Gasteiger partial charge on any atom is -0.368 e. The lowest BCUT2D eigenvalue weighted by Gasteiger charge is -2.33. The number of aromatic nitrogens is 3. The number of hydrogen-bond acceptors (Lipinski definition) is 7. The van der Waals surface area contributed by atoms with Crippen LogP contribution in [-0.4, -0.2) is 53.1 Å². The van der Waals surface area contributed by atoms with Crippen molar-refractivity contribution in [2.24, 2.45) is 0 Å². The van der Waals surface area contributed by atoms with E-state index in [0.29, 0.717) is 28.8 Å². The van der Waals surface area contributed by atoms with Crippen LogP contribution in [0.4, 0.5) is 42.1 Å². The molecule has 1 aliphatic heterocycles. The lowest BCUT2D eigenvalue weighted by molar-refractivity contribution is -0.137. The van der Waals surface area contributed by atoms with Gasteiger partial charge in [0.15, 0.2) is 0 Å². The molecule has 1 fully saturated rings. The van der Waals surface area contributed by atoms with Crippen LogP contribution in [-0.2, 0) is 6.18 Å². The number of nitrogens with zero attached hydrogens (tertiary/aromatic N) is 5. The van der Waals surface area contributed by atoms with E-state index in [2.05, 4.69) is 42.4 Å². The lowest BCUT2D eigenvalue weighted by atomic mass is 10.2. The average Bonchev–Trinajstić information content (AvgIpc) is 2.77. The highest BCUT2D eigenvalue weighted by Gasteiger charge is 2.30. The number of anilines is 5. The van der Waals surface area contributed by atoms with Crippen molar-refractivity contribution in [1.29, 1.82) is 0 Å². The number of pyridine rings is 1. The third-order valence-electron chi connectivity index (χ3n) is 5.28. The molecule has 0 radical (unpaired) electrons. The molecule has 7 nitrogen and oxygen atoms in total. The molecule has 4 rings (SSSR count). The highest BCUT2D eigenvalue weighted by atomic mass is 19.4. The molecule has 0 spiro atoms. The van der Waals surface area contributed by atoms with Gasteiger partial charge in [0, 0.05) is 43.6 Å². The van der Waals surface area contributed by atoms with E-state index in [1.807, 2.05) is 18.3 Å². The van der Waals surface area contributed by atoms with Crippen LogP contribution >= 0.6 is 0 Å². The van der Waals surface area contributed by atoms with E-state index in [9.17, 15) is 13.2 Å². The Hall–Kier alpha value is -3.40. The van der Waals surface area contributed by atoms with E-state index in [1.54, 1.807) is 19.2 Å².